The molecule has 0 saturated carbocycles. The van der Waals surface area contributed by atoms with Gasteiger partial charge in [-0.05, 0) is 82.5 Å². The molecule has 1 aliphatic rings. The zero-order valence-corrected chi connectivity index (χ0v) is 19.7. The first-order chi connectivity index (χ1) is 14.8. The maximum absolute atomic E-state index is 6.42. The van der Waals surface area contributed by atoms with Gasteiger partial charge in [-0.15, -0.1) is 11.3 Å². The van der Waals surface area contributed by atoms with Crippen LogP contribution in [-0.4, -0.2) is 16.0 Å². The van der Waals surface area contributed by atoms with E-state index in [-0.39, 0.29) is 6.23 Å². The van der Waals surface area contributed by atoms with Gasteiger partial charge in [-0.2, -0.15) is 5.10 Å². The number of anilines is 2. The number of ether oxygens (including phenoxy) is 1. The predicted molar refractivity (Wildman–Crippen MR) is 129 cm³/mol. The molecule has 158 valence electrons. The lowest BCUT2D eigenvalue weighted by Crippen LogP contribution is -2.26. The molecule has 31 heavy (non-hydrogen) atoms. The molecule has 2 aromatic carbocycles. The van der Waals surface area contributed by atoms with E-state index in [2.05, 4.69) is 93.6 Å². The van der Waals surface area contributed by atoms with Gasteiger partial charge in [-0.1, -0.05) is 23.8 Å². The Hall–Kier alpha value is -3.05. The van der Waals surface area contributed by atoms with Crippen molar-refractivity contribution in [2.75, 3.05) is 4.90 Å². The minimum Gasteiger partial charge on any atom is -0.466 e. The van der Waals surface area contributed by atoms with Crippen molar-refractivity contribution in [3.05, 3.63) is 75.8 Å². The lowest BCUT2D eigenvalue weighted by atomic mass is 9.95. The van der Waals surface area contributed by atoms with Crippen LogP contribution in [0.3, 0.4) is 0 Å². The fourth-order valence-electron chi connectivity index (χ4n) is 4.73. The van der Waals surface area contributed by atoms with Gasteiger partial charge in [0, 0.05) is 10.4 Å². The first-order valence-electron chi connectivity index (χ1n) is 10.6. The smallest absolute Gasteiger partial charge is 0.174 e. The van der Waals surface area contributed by atoms with Crippen LogP contribution >= 0.6 is 11.3 Å². The van der Waals surface area contributed by atoms with Crippen LogP contribution in [0.15, 0.2) is 48.7 Å². The molecule has 0 amide bonds. The summed E-state index contributed by atoms with van der Waals surface area (Å²) in [5.74, 6) is 0.882. The van der Waals surface area contributed by atoms with Gasteiger partial charge in [0.2, 0.25) is 0 Å². The Morgan fingerprint density at radius 3 is 2.29 bits per heavy atom. The van der Waals surface area contributed by atoms with Crippen molar-refractivity contribution < 1.29 is 4.74 Å². The number of thiophene rings is 1. The van der Waals surface area contributed by atoms with Crippen LogP contribution in [0.2, 0.25) is 0 Å². The summed E-state index contributed by atoms with van der Waals surface area (Å²) in [5.41, 5.74) is 9.40. The molecule has 0 bridgehead atoms. The third-order valence-electron chi connectivity index (χ3n) is 5.94. The molecule has 4 aromatic rings. The minimum atomic E-state index is -0.0721. The third-order valence-corrected chi connectivity index (χ3v) is 6.94. The average Bonchev–Trinajstić information content (AvgIpc) is 3.38. The van der Waals surface area contributed by atoms with Gasteiger partial charge in [0.05, 0.1) is 22.6 Å². The molecule has 1 atom stereocenters. The van der Waals surface area contributed by atoms with Gasteiger partial charge in [-0.25, -0.2) is 4.68 Å². The Kier molecular flexibility index (Phi) is 4.67. The highest BCUT2D eigenvalue weighted by Gasteiger charge is 2.33. The van der Waals surface area contributed by atoms with Crippen molar-refractivity contribution in [2.45, 2.75) is 47.8 Å². The fourth-order valence-corrected chi connectivity index (χ4v) is 5.68. The van der Waals surface area contributed by atoms with Crippen LogP contribution in [0.1, 0.15) is 34.1 Å². The van der Waals surface area contributed by atoms with E-state index >= 15 is 0 Å². The van der Waals surface area contributed by atoms with E-state index in [9.17, 15) is 0 Å². The molecule has 3 heterocycles. The Morgan fingerprint density at radius 2 is 1.61 bits per heavy atom. The lowest BCUT2D eigenvalue weighted by molar-refractivity contribution is 0.256. The number of para-hydroxylation sites is 1. The molecule has 1 unspecified atom stereocenters. The van der Waals surface area contributed by atoms with E-state index in [4.69, 9.17) is 9.84 Å². The molecule has 0 aliphatic carbocycles. The topological polar surface area (TPSA) is 30.3 Å². The van der Waals surface area contributed by atoms with Crippen LogP contribution < -0.4 is 9.64 Å². The fraction of sp³-hybridized carbons (Fsp3) is 0.269. The molecule has 0 N–H and O–H groups in total. The highest BCUT2D eigenvalue weighted by atomic mass is 32.1. The highest BCUT2D eigenvalue weighted by Crippen LogP contribution is 2.48. The quantitative estimate of drug-likeness (QED) is 0.350. The van der Waals surface area contributed by atoms with Crippen LogP contribution in [0.5, 0.6) is 5.75 Å². The molecule has 0 fully saturated rings. The van der Waals surface area contributed by atoms with E-state index in [1.54, 1.807) is 11.3 Å². The number of aryl methyl sites for hydroxylation is 5. The first kappa shape index (κ1) is 19.9. The molecule has 0 saturated heterocycles. The van der Waals surface area contributed by atoms with Gasteiger partial charge < -0.3 is 4.74 Å². The Bertz CT molecular complexity index is 1280. The lowest BCUT2D eigenvalue weighted by Gasteiger charge is -2.20. The largest absolute Gasteiger partial charge is 0.466 e. The molecular weight excluding hydrogens is 402 g/mol. The zero-order chi connectivity index (χ0) is 21.9. The van der Waals surface area contributed by atoms with Crippen LogP contribution in [0.4, 0.5) is 10.7 Å². The van der Waals surface area contributed by atoms with Gasteiger partial charge in [0.1, 0.15) is 5.69 Å². The molecule has 2 aromatic heterocycles. The molecule has 4 nitrogen and oxygen atoms in total. The second kappa shape index (κ2) is 7.27. The first-order valence-corrected chi connectivity index (χ1v) is 11.5. The van der Waals surface area contributed by atoms with Crippen molar-refractivity contribution in [3.63, 3.8) is 0 Å². The number of hydrogen-bond donors (Lipinski definition) is 0. The van der Waals surface area contributed by atoms with E-state index in [1.165, 1.54) is 32.1 Å². The molecule has 1 aliphatic heterocycles. The second-order valence-electron chi connectivity index (χ2n) is 8.46. The Morgan fingerprint density at radius 1 is 0.903 bits per heavy atom. The van der Waals surface area contributed by atoms with Crippen molar-refractivity contribution in [1.29, 1.82) is 0 Å². The van der Waals surface area contributed by atoms with Crippen molar-refractivity contribution >= 4 is 22.0 Å². The molecule has 5 heteroatoms. The summed E-state index contributed by atoms with van der Waals surface area (Å²) in [7, 11) is 0. The van der Waals surface area contributed by atoms with Gasteiger partial charge in [-0.3, -0.25) is 4.90 Å². The van der Waals surface area contributed by atoms with Crippen molar-refractivity contribution in [1.82, 2.24) is 9.78 Å². The molecule has 0 radical (unpaired) electrons. The van der Waals surface area contributed by atoms with Crippen molar-refractivity contribution in [3.8, 4) is 22.7 Å². The number of aromatic nitrogens is 2. The zero-order valence-electron chi connectivity index (χ0n) is 18.9. The third kappa shape index (κ3) is 3.15. The summed E-state index contributed by atoms with van der Waals surface area (Å²) >= 11 is 1.79. The highest BCUT2D eigenvalue weighted by molar-refractivity contribution is 7.16. The normalized spacial score (nSPS) is 15.3. The number of rotatable bonds is 3. The number of benzene rings is 2. The Labute approximate surface area is 187 Å². The minimum absolute atomic E-state index is 0.0721. The summed E-state index contributed by atoms with van der Waals surface area (Å²) in [6.45, 7) is 12.9. The van der Waals surface area contributed by atoms with Crippen LogP contribution in [0.25, 0.3) is 16.9 Å². The summed E-state index contributed by atoms with van der Waals surface area (Å²) in [4.78, 5) is 3.57. The maximum atomic E-state index is 6.42. The van der Waals surface area contributed by atoms with Gasteiger partial charge >= 0.3 is 0 Å². The summed E-state index contributed by atoms with van der Waals surface area (Å²) in [5, 5.41) is 5.99. The van der Waals surface area contributed by atoms with Gasteiger partial charge in [0.25, 0.3) is 0 Å². The van der Waals surface area contributed by atoms with Crippen LogP contribution in [0, 0.1) is 34.6 Å². The average molecular weight is 430 g/mol. The number of fused-ring (bicyclic) bond motifs is 1. The van der Waals surface area contributed by atoms with E-state index in [1.807, 2.05) is 6.20 Å². The van der Waals surface area contributed by atoms with Crippen LogP contribution in [-0.2, 0) is 0 Å². The van der Waals surface area contributed by atoms with E-state index in [0.717, 1.165) is 28.4 Å². The van der Waals surface area contributed by atoms with Crippen molar-refractivity contribution in [2.24, 2.45) is 0 Å². The van der Waals surface area contributed by atoms with E-state index in [0.29, 0.717) is 0 Å². The van der Waals surface area contributed by atoms with Gasteiger partial charge in [0.15, 0.2) is 12.0 Å². The molecule has 0 spiro atoms. The molecule has 5 rings (SSSR count). The molecular formula is C26H27N3OS. The standard InChI is InChI=1S/C26H27N3OS/c1-15-12-16(2)24(17(3)13-15)25-18(4)14-27-29(25)22-9-7-8-21-26(22)30-20(6)28(21)23-11-10-19(5)31-23/h7-14,20H,1-6H3. The summed E-state index contributed by atoms with van der Waals surface area (Å²) in [6.07, 6.45) is 1.88. The van der Waals surface area contributed by atoms with E-state index < -0.39 is 0 Å². The second-order valence-corrected chi connectivity index (χ2v) is 9.72. The maximum Gasteiger partial charge on any atom is 0.174 e. The number of hydrogen-bond acceptors (Lipinski definition) is 4. The Balaban J connectivity index is 1.70. The summed E-state index contributed by atoms with van der Waals surface area (Å²) in [6, 6.07) is 15.1. The monoisotopic (exact) mass is 429 g/mol. The SMILES string of the molecule is Cc1cc(C)c(-c2c(C)cnn2-c2cccc3c2OC(C)N3c2ccc(C)s2)c(C)c1. The predicted octanol–water partition coefficient (Wildman–Crippen LogP) is 7.02. The summed E-state index contributed by atoms with van der Waals surface area (Å²) < 4.78 is 8.47. The number of nitrogens with zero attached hydrogens (tertiary/aromatic N) is 3.